The molecule has 0 aliphatic carbocycles. The van der Waals surface area contributed by atoms with Gasteiger partial charge >= 0.3 is 0 Å². The van der Waals surface area contributed by atoms with E-state index in [4.69, 9.17) is 4.74 Å². The summed E-state index contributed by atoms with van der Waals surface area (Å²) >= 11 is 1.64. The van der Waals surface area contributed by atoms with Crippen LogP contribution in [0, 0.1) is 0 Å². The smallest absolute Gasteiger partial charge is 0.251 e. The number of hydrogen-bond acceptors (Lipinski definition) is 4. The van der Waals surface area contributed by atoms with Crippen LogP contribution in [0.3, 0.4) is 0 Å². The van der Waals surface area contributed by atoms with Gasteiger partial charge in [-0.1, -0.05) is 42.5 Å². The van der Waals surface area contributed by atoms with Gasteiger partial charge in [-0.05, 0) is 36.1 Å². The quantitative estimate of drug-likeness (QED) is 0.490. The number of rotatable bonds is 10. The summed E-state index contributed by atoms with van der Waals surface area (Å²) in [6.07, 6.45) is 0.958. The molecule has 0 aliphatic heterocycles. The van der Waals surface area contributed by atoms with Gasteiger partial charge in [0.2, 0.25) is 5.91 Å². The molecule has 5 nitrogen and oxygen atoms in total. The van der Waals surface area contributed by atoms with E-state index in [0.29, 0.717) is 38.0 Å². The summed E-state index contributed by atoms with van der Waals surface area (Å²) < 4.78 is 5.45. The molecule has 3 aromatic rings. The van der Waals surface area contributed by atoms with Crippen LogP contribution in [0.5, 0.6) is 5.75 Å². The Labute approximate surface area is 181 Å². The molecule has 0 atom stereocenters. The van der Waals surface area contributed by atoms with Crippen LogP contribution >= 0.6 is 11.3 Å². The zero-order valence-corrected chi connectivity index (χ0v) is 17.9. The highest BCUT2D eigenvalue weighted by atomic mass is 32.1. The Bertz CT molecular complexity index is 942. The molecule has 1 heterocycles. The van der Waals surface area contributed by atoms with E-state index in [1.165, 1.54) is 0 Å². The van der Waals surface area contributed by atoms with E-state index >= 15 is 0 Å². The summed E-state index contributed by atoms with van der Waals surface area (Å²) in [7, 11) is 1.64. The minimum absolute atomic E-state index is 0.0586. The van der Waals surface area contributed by atoms with Gasteiger partial charge in [0, 0.05) is 35.5 Å². The third kappa shape index (κ3) is 6.19. The largest absolute Gasteiger partial charge is 0.496 e. The van der Waals surface area contributed by atoms with E-state index in [9.17, 15) is 9.59 Å². The van der Waals surface area contributed by atoms with E-state index in [1.54, 1.807) is 30.6 Å². The zero-order chi connectivity index (χ0) is 21.2. The Hall–Kier alpha value is -3.12. The minimum Gasteiger partial charge on any atom is -0.496 e. The highest BCUT2D eigenvalue weighted by Crippen LogP contribution is 2.22. The Morgan fingerprint density at radius 1 is 0.967 bits per heavy atom. The first-order valence-electron chi connectivity index (χ1n) is 9.92. The molecule has 156 valence electrons. The van der Waals surface area contributed by atoms with Crippen LogP contribution in [0.15, 0.2) is 72.1 Å². The Balaban J connectivity index is 1.57. The maximum atomic E-state index is 13.0. The van der Waals surface area contributed by atoms with Crippen molar-refractivity contribution in [2.24, 2.45) is 0 Å². The summed E-state index contributed by atoms with van der Waals surface area (Å²) in [5.74, 6) is 0.715. The van der Waals surface area contributed by atoms with Gasteiger partial charge in [-0.25, -0.2) is 0 Å². The van der Waals surface area contributed by atoms with Crippen molar-refractivity contribution in [2.75, 3.05) is 13.7 Å². The molecule has 0 saturated carbocycles. The number of nitrogens with zero attached hydrogens (tertiary/aromatic N) is 1. The van der Waals surface area contributed by atoms with Crippen molar-refractivity contribution in [3.05, 3.63) is 88.1 Å². The summed E-state index contributed by atoms with van der Waals surface area (Å²) in [5.41, 5.74) is 1.60. The van der Waals surface area contributed by atoms with Gasteiger partial charge in [-0.2, -0.15) is 0 Å². The molecule has 0 aliphatic rings. The van der Waals surface area contributed by atoms with Gasteiger partial charge in [-0.15, -0.1) is 11.3 Å². The Morgan fingerprint density at radius 3 is 2.47 bits per heavy atom. The van der Waals surface area contributed by atoms with Crippen LogP contribution in [0.2, 0.25) is 0 Å². The summed E-state index contributed by atoms with van der Waals surface area (Å²) in [5, 5.41) is 4.89. The van der Waals surface area contributed by atoms with Crippen molar-refractivity contribution in [3.63, 3.8) is 0 Å². The second-order valence-corrected chi connectivity index (χ2v) is 7.90. The summed E-state index contributed by atoms with van der Waals surface area (Å²) in [6, 6.07) is 20.9. The average molecular weight is 423 g/mol. The predicted molar refractivity (Wildman–Crippen MR) is 120 cm³/mol. The van der Waals surface area contributed by atoms with Gasteiger partial charge in [0.15, 0.2) is 0 Å². The number of thiophene rings is 1. The number of carbonyl (C=O) groups excluding carboxylic acids is 2. The van der Waals surface area contributed by atoms with Crippen molar-refractivity contribution >= 4 is 23.2 Å². The van der Waals surface area contributed by atoms with E-state index in [1.807, 2.05) is 64.9 Å². The first-order chi connectivity index (χ1) is 14.7. The number of amides is 2. The molecule has 0 radical (unpaired) electrons. The second kappa shape index (κ2) is 11.2. The number of para-hydroxylation sites is 1. The molecule has 0 unspecified atom stereocenters. The van der Waals surface area contributed by atoms with E-state index in [0.717, 1.165) is 16.2 Å². The van der Waals surface area contributed by atoms with Gasteiger partial charge in [0.1, 0.15) is 5.75 Å². The van der Waals surface area contributed by atoms with Crippen LogP contribution in [0.1, 0.15) is 33.6 Å². The lowest BCUT2D eigenvalue weighted by molar-refractivity contribution is -0.132. The topological polar surface area (TPSA) is 58.6 Å². The Morgan fingerprint density at radius 2 is 1.73 bits per heavy atom. The molecule has 30 heavy (non-hydrogen) atoms. The first-order valence-corrected chi connectivity index (χ1v) is 10.8. The van der Waals surface area contributed by atoms with Gasteiger partial charge in [-0.3, -0.25) is 9.59 Å². The standard InChI is InChI=1S/C24H26N2O3S/c1-29-22-13-6-5-11-20(22)17-26(18-21-12-8-16-30-21)23(27)14-7-15-25-24(28)19-9-3-2-4-10-19/h2-6,8-13,16H,7,14-15,17-18H2,1H3,(H,25,28). The number of benzene rings is 2. The lowest BCUT2D eigenvalue weighted by Gasteiger charge is -2.23. The van der Waals surface area contributed by atoms with Crippen molar-refractivity contribution in [3.8, 4) is 5.75 Å². The molecule has 1 aromatic heterocycles. The predicted octanol–water partition coefficient (Wildman–Crippen LogP) is 4.50. The van der Waals surface area contributed by atoms with Crippen LogP contribution < -0.4 is 10.1 Å². The van der Waals surface area contributed by atoms with Crippen LogP contribution in [0.25, 0.3) is 0 Å². The highest BCUT2D eigenvalue weighted by molar-refractivity contribution is 7.09. The highest BCUT2D eigenvalue weighted by Gasteiger charge is 2.17. The molecular weight excluding hydrogens is 396 g/mol. The molecule has 0 spiro atoms. The maximum Gasteiger partial charge on any atom is 0.251 e. The minimum atomic E-state index is -0.118. The number of hydrogen-bond donors (Lipinski definition) is 1. The maximum absolute atomic E-state index is 13.0. The van der Waals surface area contributed by atoms with Crippen LogP contribution in [-0.4, -0.2) is 30.4 Å². The van der Waals surface area contributed by atoms with Gasteiger partial charge in [0.05, 0.1) is 13.7 Å². The fourth-order valence-corrected chi connectivity index (χ4v) is 3.87. The second-order valence-electron chi connectivity index (χ2n) is 6.87. The molecule has 3 rings (SSSR count). The monoisotopic (exact) mass is 422 g/mol. The molecule has 2 aromatic carbocycles. The van der Waals surface area contributed by atoms with E-state index in [-0.39, 0.29) is 11.8 Å². The third-order valence-corrected chi connectivity index (χ3v) is 5.58. The van der Waals surface area contributed by atoms with Crippen molar-refractivity contribution < 1.29 is 14.3 Å². The summed E-state index contributed by atoms with van der Waals surface area (Å²) in [4.78, 5) is 28.1. The molecular formula is C24H26N2O3S. The fraction of sp³-hybridized carbons (Fsp3) is 0.250. The van der Waals surface area contributed by atoms with Crippen LogP contribution in [0.4, 0.5) is 0 Å². The average Bonchev–Trinajstić information content (AvgIpc) is 3.30. The first kappa shape index (κ1) is 21.6. The number of methoxy groups -OCH3 is 1. The third-order valence-electron chi connectivity index (χ3n) is 4.72. The molecule has 0 bridgehead atoms. The molecule has 6 heteroatoms. The van der Waals surface area contributed by atoms with Crippen molar-refractivity contribution in [1.82, 2.24) is 10.2 Å². The van der Waals surface area contributed by atoms with Crippen molar-refractivity contribution in [2.45, 2.75) is 25.9 Å². The number of ether oxygens (including phenoxy) is 1. The summed E-state index contributed by atoms with van der Waals surface area (Å²) in [6.45, 7) is 1.50. The lowest BCUT2D eigenvalue weighted by atomic mass is 10.1. The molecule has 0 fully saturated rings. The Kier molecular flexibility index (Phi) is 8.03. The normalized spacial score (nSPS) is 10.4. The number of carbonyl (C=O) groups is 2. The van der Waals surface area contributed by atoms with Gasteiger partial charge in [0.25, 0.3) is 5.91 Å². The molecule has 0 saturated heterocycles. The lowest BCUT2D eigenvalue weighted by Crippen LogP contribution is -2.31. The SMILES string of the molecule is COc1ccccc1CN(Cc1cccs1)C(=O)CCCNC(=O)c1ccccc1. The zero-order valence-electron chi connectivity index (χ0n) is 17.0. The van der Waals surface area contributed by atoms with Gasteiger partial charge < -0.3 is 15.0 Å². The fourth-order valence-electron chi connectivity index (χ4n) is 3.15. The van der Waals surface area contributed by atoms with Crippen molar-refractivity contribution in [1.29, 1.82) is 0 Å². The van der Waals surface area contributed by atoms with E-state index in [2.05, 4.69) is 5.32 Å². The number of nitrogens with one attached hydrogen (secondary N) is 1. The van der Waals surface area contributed by atoms with E-state index < -0.39 is 0 Å². The molecule has 1 N–H and O–H groups in total. The van der Waals surface area contributed by atoms with Crippen LogP contribution in [-0.2, 0) is 17.9 Å². The molecule has 2 amide bonds.